The van der Waals surface area contributed by atoms with Crippen LogP contribution >= 0.6 is 11.3 Å². The third kappa shape index (κ3) is 5.07. The molecular weight excluding hydrogens is 484 g/mol. The second-order valence-corrected chi connectivity index (χ2v) is 9.39. The van der Waals surface area contributed by atoms with Crippen molar-refractivity contribution in [3.63, 3.8) is 0 Å². The van der Waals surface area contributed by atoms with Crippen molar-refractivity contribution in [3.8, 4) is 0 Å². The summed E-state index contributed by atoms with van der Waals surface area (Å²) in [7, 11) is -4.91. The quantitative estimate of drug-likeness (QED) is 0.127. The van der Waals surface area contributed by atoms with Gasteiger partial charge in [0.2, 0.25) is 5.60 Å². The Kier molecular flexibility index (Phi) is 6.34. The van der Waals surface area contributed by atoms with E-state index in [0.717, 1.165) is 11.3 Å². The number of nitrogens with zero attached hydrogens (tertiary/aromatic N) is 6. The van der Waals surface area contributed by atoms with Crippen molar-refractivity contribution in [2.45, 2.75) is 38.1 Å². The first-order valence-electron chi connectivity index (χ1n) is 8.96. The van der Waals surface area contributed by atoms with Crippen LogP contribution in [0.1, 0.15) is 19.5 Å². The van der Waals surface area contributed by atoms with E-state index in [2.05, 4.69) is 25.7 Å². The second kappa shape index (κ2) is 8.71. The number of hydrogen-bond acceptors (Lipinski definition) is 12. The number of nitrogen functional groups attached to an aromatic ring is 1. The van der Waals surface area contributed by atoms with E-state index in [4.69, 9.17) is 10.6 Å². The van der Waals surface area contributed by atoms with Crippen LogP contribution in [-0.4, -0.2) is 83.3 Å². The molecule has 1 aliphatic heterocycles. The van der Waals surface area contributed by atoms with Crippen molar-refractivity contribution in [2.24, 2.45) is 5.16 Å². The Balaban J connectivity index is 1.88. The van der Waals surface area contributed by atoms with E-state index in [-0.39, 0.29) is 21.7 Å². The molecule has 0 spiro atoms. The summed E-state index contributed by atoms with van der Waals surface area (Å²) in [6.07, 6.45) is 2.49. The number of carboxylic acid groups (broad SMARTS) is 1. The Morgan fingerprint density at radius 3 is 2.52 bits per heavy atom. The summed E-state index contributed by atoms with van der Waals surface area (Å²) in [5.41, 5.74) is 3.21. The molecule has 0 unspecified atom stereocenters. The van der Waals surface area contributed by atoms with Crippen LogP contribution in [0.15, 0.2) is 23.2 Å². The highest BCUT2D eigenvalue weighted by Gasteiger charge is 2.54. The molecule has 1 fully saturated rings. The number of hydrogen-bond donors (Lipinski definition) is 4. The minimum absolute atomic E-state index is 0.0649. The van der Waals surface area contributed by atoms with Crippen LogP contribution < -0.4 is 11.1 Å². The molecule has 2 amide bonds. The fraction of sp³-hybridized carbons (Fsp3) is 0.400. The Morgan fingerprint density at radius 1 is 1.36 bits per heavy atom. The van der Waals surface area contributed by atoms with Gasteiger partial charge in [-0.2, -0.15) is 8.42 Å². The van der Waals surface area contributed by atoms with E-state index >= 15 is 0 Å². The molecule has 5 N–H and O–H groups in total. The fourth-order valence-electron chi connectivity index (χ4n) is 2.68. The summed E-state index contributed by atoms with van der Waals surface area (Å²) in [5, 5.41) is 23.7. The first-order chi connectivity index (χ1) is 15.3. The highest BCUT2D eigenvalue weighted by Crippen LogP contribution is 2.25. The number of carbonyl (C=O) groups is 3. The summed E-state index contributed by atoms with van der Waals surface area (Å²) >= 11 is 0.965. The standard InChI is InChI=1S/C15H18N8O8S2/c1-15(2,13(26)27)31-21-9(7-4-32-14(16)19-7)11(24)20-10-8(3-22-5-17-18-6-22)23(12(10)25)33(28,29)30/h4-6,8,10H,3H2,1-2H3,(H2,16,19)(H,20,24)(H,26,27)(H,28,29,30)/t8-,10+/m1/s1. The minimum atomic E-state index is -4.91. The van der Waals surface area contributed by atoms with Crippen LogP contribution in [-0.2, 0) is 36.1 Å². The summed E-state index contributed by atoms with van der Waals surface area (Å²) < 4.78 is 34.2. The fourth-order valence-corrected chi connectivity index (χ4v) is 4.10. The highest BCUT2D eigenvalue weighted by atomic mass is 32.2. The van der Waals surface area contributed by atoms with Crippen LogP contribution in [0.25, 0.3) is 0 Å². The van der Waals surface area contributed by atoms with E-state index < -0.39 is 51.5 Å². The van der Waals surface area contributed by atoms with E-state index in [1.54, 1.807) is 0 Å². The van der Waals surface area contributed by atoms with Gasteiger partial charge < -0.3 is 25.6 Å². The van der Waals surface area contributed by atoms with Crippen LogP contribution in [0.4, 0.5) is 5.13 Å². The molecule has 18 heteroatoms. The highest BCUT2D eigenvalue weighted by molar-refractivity contribution is 7.84. The lowest BCUT2D eigenvalue weighted by Gasteiger charge is -2.44. The first-order valence-corrected chi connectivity index (χ1v) is 11.2. The molecule has 0 bridgehead atoms. The van der Waals surface area contributed by atoms with Crippen LogP contribution in [0.2, 0.25) is 0 Å². The molecule has 178 valence electrons. The van der Waals surface area contributed by atoms with Gasteiger partial charge in [0.25, 0.3) is 11.8 Å². The van der Waals surface area contributed by atoms with Crippen molar-refractivity contribution in [3.05, 3.63) is 23.7 Å². The maximum absolute atomic E-state index is 12.9. The number of anilines is 1. The van der Waals surface area contributed by atoms with Gasteiger partial charge in [-0.3, -0.25) is 14.1 Å². The normalized spacial score (nSPS) is 19.2. The topological polar surface area (TPSA) is 232 Å². The van der Waals surface area contributed by atoms with E-state index in [0.29, 0.717) is 0 Å². The zero-order valence-corrected chi connectivity index (χ0v) is 18.6. The number of carbonyl (C=O) groups excluding carboxylic acids is 2. The first kappa shape index (κ1) is 24.0. The number of amides is 2. The summed E-state index contributed by atoms with van der Waals surface area (Å²) in [4.78, 5) is 45.5. The van der Waals surface area contributed by atoms with Crippen LogP contribution in [0.5, 0.6) is 0 Å². The average Bonchev–Trinajstić information content (AvgIpc) is 3.36. The van der Waals surface area contributed by atoms with Gasteiger partial charge in [0.1, 0.15) is 24.4 Å². The molecule has 16 nitrogen and oxygen atoms in total. The van der Waals surface area contributed by atoms with Gasteiger partial charge in [-0.05, 0) is 13.8 Å². The minimum Gasteiger partial charge on any atom is -0.478 e. The molecule has 3 rings (SSSR count). The van der Waals surface area contributed by atoms with Crippen molar-refractivity contribution in [1.82, 2.24) is 29.4 Å². The molecule has 0 aromatic carbocycles. The molecular formula is C15H18N8O8S2. The van der Waals surface area contributed by atoms with Crippen molar-refractivity contribution >= 4 is 50.3 Å². The molecule has 3 heterocycles. The monoisotopic (exact) mass is 502 g/mol. The van der Waals surface area contributed by atoms with Gasteiger partial charge in [-0.25, -0.2) is 14.1 Å². The lowest BCUT2D eigenvalue weighted by Crippen LogP contribution is -2.73. The SMILES string of the molecule is CC(C)(ON=C(C(=O)N[C@@H]1C(=O)N(S(=O)(=O)O)[C@@H]1Cn1cnnc1)c1csc(N)n1)C(=O)O. The number of aromatic nitrogens is 4. The van der Waals surface area contributed by atoms with Gasteiger partial charge in [0, 0.05) is 11.9 Å². The van der Waals surface area contributed by atoms with Gasteiger partial charge in [0.15, 0.2) is 10.8 Å². The van der Waals surface area contributed by atoms with Gasteiger partial charge in [0.05, 0.1) is 6.04 Å². The molecule has 0 radical (unpaired) electrons. The molecule has 33 heavy (non-hydrogen) atoms. The number of nitrogens with one attached hydrogen (secondary N) is 1. The zero-order chi connectivity index (χ0) is 24.6. The molecule has 2 aromatic heterocycles. The molecule has 1 saturated heterocycles. The Morgan fingerprint density at radius 2 is 2.00 bits per heavy atom. The largest absolute Gasteiger partial charge is 0.478 e. The lowest BCUT2D eigenvalue weighted by molar-refractivity contribution is -0.161. The molecule has 2 atom stereocenters. The van der Waals surface area contributed by atoms with Gasteiger partial charge in [-0.15, -0.1) is 21.5 Å². The molecule has 0 saturated carbocycles. The average molecular weight is 502 g/mol. The number of nitrogens with two attached hydrogens (primary N) is 1. The maximum atomic E-state index is 12.9. The molecule has 0 aliphatic carbocycles. The number of β-lactam (4-membered cyclic amide) rings is 1. The Labute approximate surface area is 189 Å². The number of aliphatic carboxylic acids is 1. The van der Waals surface area contributed by atoms with Gasteiger partial charge >= 0.3 is 16.3 Å². The predicted octanol–water partition coefficient (Wildman–Crippen LogP) is -1.90. The predicted molar refractivity (Wildman–Crippen MR) is 110 cm³/mol. The summed E-state index contributed by atoms with van der Waals surface area (Å²) in [6, 6.07) is -2.61. The number of carboxylic acids is 1. The third-order valence-electron chi connectivity index (χ3n) is 4.43. The van der Waals surface area contributed by atoms with Crippen molar-refractivity contribution in [2.75, 3.05) is 5.73 Å². The summed E-state index contributed by atoms with van der Waals surface area (Å²) in [5.74, 6) is -3.49. The Hall–Kier alpha value is -3.64. The van der Waals surface area contributed by atoms with E-state index in [9.17, 15) is 32.5 Å². The van der Waals surface area contributed by atoms with Crippen molar-refractivity contribution in [1.29, 1.82) is 0 Å². The summed E-state index contributed by atoms with van der Waals surface area (Å²) in [6.45, 7) is 2.21. The number of oxime groups is 1. The number of thiazole rings is 1. The Bertz CT molecular complexity index is 1210. The van der Waals surface area contributed by atoms with Crippen LogP contribution in [0, 0.1) is 0 Å². The third-order valence-corrected chi connectivity index (χ3v) is 6.05. The smallest absolute Gasteiger partial charge is 0.362 e. The van der Waals surface area contributed by atoms with Crippen molar-refractivity contribution < 1.29 is 37.3 Å². The van der Waals surface area contributed by atoms with E-state index in [1.165, 1.54) is 36.4 Å². The second-order valence-electron chi connectivity index (χ2n) is 7.21. The lowest BCUT2D eigenvalue weighted by atomic mass is 9.98. The number of rotatable bonds is 9. The van der Waals surface area contributed by atoms with Gasteiger partial charge in [-0.1, -0.05) is 5.16 Å². The maximum Gasteiger partial charge on any atom is 0.362 e. The molecule has 1 aliphatic rings. The molecule has 2 aromatic rings. The van der Waals surface area contributed by atoms with E-state index in [1.807, 2.05) is 0 Å². The zero-order valence-electron chi connectivity index (χ0n) is 17.0. The van der Waals surface area contributed by atoms with Crippen LogP contribution in [0.3, 0.4) is 0 Å².